The number of aliphatic hydroxyl groups is 1. The van der Waals surface area contributed by atoms with E-state index < -0.39 is 23.8 Å². The van der Waals surface area contributed by atoms with E-state index in [0.717, 1.165) is 18.4 Å². The van der Waals surface area contributed by atoms with Crippen LogP contribution < -0.4 is 0 Å². The molecule has 0 spiro atoms. The van der Waals surface area contributed by atoms with Gasteiger partial charge in [0.15, 0.2) is 6.10 Å². The van der Waals surface area contributed by atoms with Crippen LogP contribution in [-0.4, -0.2) is 53.2 Å². The summed E-state index contributed by atoms with van der Waals surface area (Å²) in [7, 11) is 0. The summed E-state index contributed by atoms with van der Waals surface area (Å²) in [6.45, 7) is 14.6. The van der Waals surface area contributed by atoms with Crippen LogP contribution in [0.3, 0.4) is 0 Å². The maximum Gasteiger partial charge on any atom is 0.306 e. The fraction of sp³-hybridized carbons (Fsp3) is 0.742. The van der Waals surface area contributed by atoms with Gasteiger partial charge in [0.25, 0.3) is 0 Å². The zero-order valence-electron chi connectivity index (χ0n) is 24.5. The molecule has 10 atom stereocenters. The topological polar surface area (TPSA) is 85.4 Å². The Labute approximate surface area is 228 Å². The Morgan fingerprint density at radius 2 is 1.97 bits per heavy atom. The van der Waals surface area contributed by atoms with E-state index in [2.05, 4.69) is 13.0 Å². The van der Waals surface area contributed by atoms with Gasteiger partial charge in [-0.1, -0.05) is 58.9 Å². The summed E-state index contributed by atoms with van der Waals surface area (Å²) >= 11 is 0. The van der Waals surface area contributed by atoms with Gasteiger partial charge in [0.2, 0.25) is 0 Å². The van der Waals surface area contributed by atoms with E-state index in [0.29, 0.717) is 6.42 Å². The Hall–Kier alpha value is -1.99. The number of cyclic esters (lactones) is 1. The molecule has 0 radical (unpaired) electrons. The van der Waals surface area contributed by atoms with Crippen LogP contribution in [0.5, 0.6) is 0 Å². The van der Waals surface area contributed by atoms with Crippen molar-refractivity contribution in [2.45, 2.75) is 124 Å². The van der Waals surface area contributed by atoms with E-state index >= 15 is 4.39 Å². The van der Waals surface area contributed by atoms with Gasteiger partial charge in [-0.2, -0.15) is 0 Å². The molecule has 2 aliphatic heterocycles. The summed E-state index contributed by atoms with van der Waals surface area (Å²) in [6, 6.07) is 0. The van der Waals surface area contributed by atoms with Gasteiger partial charge in [-0.05, 0) is 63.0 Å². The van der Waals surface area contributed by atoms with Gasteiger partial charge < -0.3 is 19.3 Å². The lowest BCUT2D eigenvalue weighted by Gasteiger charge is -2.31. The van der Waals surface area contributed by atoms with Gasteiger partial charge in [0.1, 0.15) is 11.8 Å². The van der Waals surface area contributed by atoms with E-state index in [1.807, 2.05) is 46.8 Å². The number of allylic oxidation sites excluding steroid dienone is 3. The van der Waals surface area contributed by atoms with Crippen molar-refractivity contribution < 1.29 is 33.3 Å². The van der Waals surface area contributed by atoms with E-state index in [-0.39, 0.29) is 60.8 Å². The number of halogens is 1. The van der Waals surface area contributed by atoms with Crippen LogP contribution in [0.15, 0.2) is 36.0 Å². The normalized spacial score (nSPS) is 36.4. The third-order valence-electron chi connectivity index (χ3n) is 7.87. The molecule has 1 N–H and O–H groups in total. The van der Waals surface area contributed by atoms with E-state index in [1.54, 1.807) is 12.2 Å². The quantitative estimate of drug-likeness (QED) is 0.162. The maximum absolute atomic E-state index is 15.5. The third-order valence-corrected chi connectivity index (χ3v) is 7.87. The number of epoxide rings is 1. The molecule has 0 saturated carbocycles. The highest BCUT2D eigenvalue weighted by atomic mass is 19.1. The fourth-order valence-electron chi connectivity index (χ4n) is 5.12. The van der Waals surface area contributed by atoms with Crippen molar-refractivity contribution in [1.29, 1.82) is 0 Å². The lowest BCUT2D eigenvalue weighted by Crippen LogP contribution is -2.38. The molecule has 1 saturated heterocycles. The van der Waals surface area contributed by atoms with Crippen LogP contribution >= 0.6 is 0 Å². The molecule has 216 valence electrons. The summed E-state index contributed by atoms with van der Waals surface area (Å²) in [5, 5.41) is 10.1. The van der Waals surface area contributed by atoms with E-state index in [4.69, 9.17) is 14.2 Å². The van der Waals surface area contributed by atoms with Crippen molar-refractivity contribution >= 4 is 11.9 Å². The maximum atomic E-state index is 15.5. The summed E-state index contributed by atoms with van der Waals surface area (Å²) in [5.41, 5.74) is -0.870. The third kappa shape index (κ3) is 9.96. The molecule has 0 bridgehead atoms. The lowest BCUT2D eigenvalue weighted by atomic mass is 9.88. The zero-order chi connectivity index (χ0) is 28.6. The molecule has 0 aromatic heterocycles. The van der Waals surface area contributed by atoms with Crippen molar-refractivity contribution in [3.8, 4) is 0 Å². The Morgan fingerprint density at radius 3 is 2.61 bits per heavy atom. The summed E-state index contributed by atoms with van der Waals surface area (Å²) in [4.78, 5) is 24.4. The molecule has 7 heteroatoms. The van der Waals surface area contributed by atoms with Gasteiger partial charge in [-0.3, -0.25) is 9.59 Å². The van der Waals surface area contributed by atoms with Crippen molar-refractivity contribution in [2.24, 2.45) is 23.7 Å². The Balaban J connectivity index is 2.12. The lowest BCUT2D eigenvalue weighted by molar-refractivity contribution is -0.151. The van der Waals surface area contributed by atoms with Gasteiger partial charge >= 0.3 is 11.9 Å². The molecule has 1 fully saturated rings. The number of hydrogen-bond donors (Lipinski definition) is 1. The van der Waals surface area contributed by atoms with Gasteiger partial charge in [-0.15, -0.1) is 0 Å². The Morgan fingerprint density at radius 1 is 1.29 bits per heavy atom. The van der Waals surface area contributed by atoms with E-state index in [9.17, 15) is 14.7 Å². The van der Waals surface area contributed by atoms with Crippen LogP contribution in [0.1, 0.15) is 87.5 Å². The van der Waals surface area contributed by atoms with Gasteiger partial charge in [0, 0.05) is 25.2 Å². The summed E-state index contributed by atoms with van der Waals surface area (Å²) < 4.78 is 32.6. The van der Waals surface area contributed by atoms with E-state index in [1.165, 1.54) is 13.8 Å². The molecular formula is C31H49FO6. The van der Waals surface area contributed by atoms with Crippen molar-refractivity contribution in [2.75, 3.05) is 0 Å². The number of ether oxygens (including phenoxy) is 3. The first-order chi connectivity index (χ1) is 17.7. The number of aliphatic hydroxyl groups excluding tert-OH is 1. The fourth-order valence-corrected chi connectivity index (χ4v) is 5.12. The van der Waals surface area contributed by atoms with Crippen LogP contribution in [0.25, 0.3) is 0 Å². The summed E-state index contributed by atoms with van der Waals surface area (Å²) in [6.07, 6.45) is 10.3. The van der Waals surface area contributed by atoms with Crippen LogP contribution in [0.2, 0.25) is 0 Å². The minimum absolute atomic E-state index is 0.0606. The number of hydrogen-bond acceptors (Lipinski definition) is 6. The molecule has 38 heavy (non-hydrogen) atoms. The summed E-state index contributed by atoms with van der Waals surface area (Å²) in [5.74, 6) is -0.735. The second kappa shape index (κ2) is 14.4. The molecule has 2 aliphatic rings. The molecule has 10 unspecified atom stereocenters. The number of carbonyl (C=O) groups excluding carboxylic acids is 2. The molecule has 0 amide bonds. The SMILES string of the molecule is CCC(O)C(C)C1OC1CC(C)/C=C/C=C(\C)C1OC(=O)CC(C)CCC(C)(F)C(OC(C)=O)/C=C/C1C. The zero-order valence-corrected chi connectivity index (χ0v) is 24.5. The molecule has 0 aromatic rings. The molecule has 2 heterocycles. The molecule has 2 rings (SSSR count). The average molecular weight is 537 g/mol. The highest BCUT2D eigenvalue weighted by molar-refractivity contribution is 5.70. The first-order valence-electron chi connectivity index (χ1n) is 14.2. The monoisotopic (exact) mass is 536 g/mol. The predicted octanol–water partition coefficient (Wildman–Crippen LogP) is 6.27. The number of esters is 2. The number of alkyl halides is 1. The van der Waals surface area contributed by atoms with Crippen molar-refractivity contribution in [3.05, 3.63) is 36.0 Å². The van der Waals surface area contributed by atoms with Crippen LogP contribution in [0, 0.1) is 23.7 Å². The molecule has 0 aliphatic carbocycles. The minimum Gasteiger partial charge on any atom is -0.457 e. The van der Waals surface area contributed by atoms with Crippen LogP contribution in [0.4, 0.5) is 4.39 Å². The molecule has 6 nitrogen and oxygen atoms in total. The Bertz CT molecular complexity index is 878. The van der Waals surface area contributed by atoms with Crippen LogP contribution in [-0.2, 0) is 23.8 Å². The smallest absolute Gasteiger partial charge is 0.306 e. The standard InChI is InChI=1S/C31H49FO6/c1-9-25(34)23(6)30-26(37-30)17-19(2)11-10-12-21(4)29-22(5)13-14-27(36-24(7)33)31(8,32)16-15-20(3)18-28(35)38-29/h10-14,19-20,22-23,25-27,29-30,34H,9,15-18H2,1-8H3/b11-10+,14-13+,21-12+. The van der Waals surface area contributed by atoms with Gasteiger partial charge in [0.05, 0.1) is 18.3 Å². The molecular weight excluding hydrogens is 487 g/mol. The highest BCUT2D eigenvalue weighted by Gasteiger charge is 2.45. The van der Waals surface area contributed by atoms with Gasteiger partial charge in [-0.25, -0.2) is 4.39 Å². The minimum atomic E-state index is -1.74. The first kappa shape index (κ1) is 32.2. The predicted molar refractivity (Wildman–Crippen MR) is 147 cm³/mol. The highest BCUT2D eigenvalue weighted by Crippen LogP contribution is 2.36. The number of carbonyl (C=O) groups is 2. The number of rotatable bonds is 9. The average Bonchev–Trinajstić information content (AvgIpc) is 3.60. The largest absolute Gasteiger partial charge is 0.457 e. The molecule has 0 aromatic carbocycles. The Kier molecular flexibility index (Phi) is 12.2. The second-order valence-corrected chi connectivity index (χ2v) is 11.8. The first-order valence-corrected chi connectivity index (χ1v) is 14.2. The van der Waals surface area contributed by atoms with Crippen molar-refractivity contribution in [3.63, 3.8) is 0 Å². The van der Waals surface area contributed by atoms with Crippen molar-refractivity contribution in [1.82, 2.24) is 0 Å². The second-order valence-electron chi connectivity index (χ2n) is 11.8.